The van der Waals surface area contributed by atoms with Crippen molar-refractivity contribution >= 4 is 21.6 Å². The first-order chi connectivity index (χ1) is 12.3. The Labute approximate surface area is 154 Å². The zero-order chi connectivity index (χ0) is 18.9. The van der Waals surface area contributed by atoms with E-state index in [1.165, 1.54) is 12.1 Å². The van der Waals surface area contributed by atoms with Gasteiger partial charge in [0.1, 0.15) is 5.76 Å². The highest BCUT2D eigenvalue weighted by Gasteiger charge is 2.31. The molecule has 0 bridgehead atoms. The first-order valence-corrected chi connectivity index (χ1v) is 10.2. The number of aryl methyl sites for hydroxylation is 1. The number of amides is 1. The van der Waals surface area contributed by atoms with E-state index in [0.717, 1.165) is 6.42 Å². The Hall–Kier alpha value is -2.12. The van der Waals surface area contributed by atoms with E-state index >= 15 is 0 Å². The number of sulfonamides is 1. The highest BCUT2D eigenvalue weighted by Crippen LogP contribution is 2.27. The van der Waals surface area contributed by atoms with Crippen LogP contribution in [0.25, 0.3) is 0 Å². The van der Waals surface area contributed by atoms with E-state index in [4.69, 9.17) is 4.42 Å². The van der Waals surface area contributed by atoms with Crippen LogP contribution in [0.5, 0.6) is 0 Å². The minimum Gasteiger partial charge on any atom is -0.456 e. The van der Waals surface area contributed by atoms with Crippen LogP contribution in [-0.2, 0) is 10.0 Å². The predicted molar refractivity (Wildman–Crippen MR) is 99.5 cm³/mol. The van der Waals surface area contributed by atoms with E-state index in [1.54, 1.807) is 35.5 Å². The quantitative estimate of drug-likeness (QED) is 0.886. The van der Waals surface area contributed by atoms with Crippen molar-refractivity contribution in [2.75, 3.05) is 18.4 Å². The molecule has 1 saturated heterocycles. The third kappa shape index (κ3) is 3.99. The van der Waals surface area contributed by atoms with Crippen LogP contribution in [0.4, 0.5) is 5.69 Å². The van der Waals surface area contributed by atoms with Crippen LogP contribution in [0.15, 0.2) is 45.7 Å². The average molecular weight is 376 g/mol. The van der Waals surface area contributed by atoms with Crippen LogP contribution >= 0.6 is 0 Å². The summed E-state index contributed by atoms with van der Waals surface area (Å²) in [6.07, 6.45) is 1.04. The Bertz CT molecular complexity index is 877. The molecule has 140 valence electrons. The fourth-order valence-electron chi connectivity index (χ4n) is 3.41. The van der Waals surface area contributed by atoms with Crippen LogP contribution in [0.1, 0.15) is 36.6 Å². The number of nitrogens with one attached hydrogen (secondary N) is 1. The van der Waals surface area contributed by atoms with E-state index in [2.05, 4.69) is 19.2 Å². The molecule has 7 heteroatoms. The molecule has 0 radical (unpaired) electrons. The lowest BCUT2D eigenvalue weighted by Crippen LogP contribution is -2.42. The molecule has 0 saturated carbocycles. The second kappa shape index (κ2) is 7.25. The highest BCUT2D eigenvalue weighted by atomic mass is 32.2. The maximum Gasteiger partial charge on any atom is 0.291 e. The molecule has 1 aromatic carbocycles. The number of benzene rings is 1. The van der Waals surface area contributed by atoms with Crippen molar-refractivity contribution < 1.29 is 17.6 Å². The highest BCUT2D eigenvalue weighted by molar-refractivity contribution is 7.89. The molecule has 1 N–H and O–H groups in total. The third-order valence-electron chi connectivity index (χ3n) is 4.55. The summed E-state index contributed by atoms with van der Waals surface area (Å²) >= 11 is 0. The van der Waals surface area contributed by atoms with Gasteiger partial charge in [0.25, 0.3) is 5.91 Å². The van der Waals surface area contributed by atoms with Crippen LogP contribution in [-0.4, -0.2) is 31.7 Å². The maximum atomic E-state index is 12.9. The van der Waals surface area contributed by atoms with Crippen molar-refractivity contribution in [3.63, 3.8) is 0 Å². The fraction of sp³-hybridized carbons (Fsp3) is 0.421. The molecule has 3 rings (SSSR count). The van der Waals surface area contributed by atoms with Gasteiger partial charge in [-0.05, 0) is 61.6 Å². The lowest BCUT2D eigenvalue weighted by molar-refractivity contribution is 0.0995. The van der Waals surface area contributed by atoms with Gasteiger partial charge in [0.05, 0.1) is 4.90 Å². The van der Waals surface area contributed by atoms with E-state index in [-0.39, 0.29) is 16.6 Å². The Morgan fingerprint density at radius 3 is 2.23 bits per heavy atom. The Morgan fingerprint density at radius 2 is 1.69 bits per heavy atom. The second-order valence-electron chi connectivity index (χ2n) is 7.16. The Balaban J connectivity index is 1.73. The van der Waals surface area contributed by atoms with Gasteiger partial charge >= 0.3 is 0 Å². The van der Waals surface area contributed by atoms with Crippen molar-refractivity contribution in [3.05, 3.63) is 47.9 Å². The standard InChI is InChI=1S/C19H24N2O4S/c1-13-10-14(2)12-21(11-13)26(23,24)17-7-5-16(6-8-17)20-19(22)18-9-4-15(3)25-18/h4-9,13-14H,10-12H2,1-3H3,(H,20,22). The molecule has 6 nitrogen and oxygen atoms in total. The normalized spacial score (nSPS) is 21.5. The molecular formula is C19H24N2O4S. The summed E-state index contributed by atoms with van der Waals surface area (Å²) in [5.41, 5.74) is 0.517. The number of nitrogens with zero attached hydrogens (tertiary/aromatic N) is 1. The molecule has 2 aromatic rings. The van der Waals surface area contributed by atoms with Gasteiger partial charge in [-0.15, -0.1) is 0 Å². The number of hydrogen-bond acceptors (Lipinski definition) is 4. The van der Waals surface area contributed by atoms with Crippen LogP contribution in [0.2, 0.25) is 0 Å². The minimum absolute atomic E-state index is 0.218. The zero-order valence-corrected chi connectivity index (χ0v) is 16.0. The average Bonchev–Trinajstić information content (AvgIpc) is 3.01. The summed E-state index contributed by atoms with van der Waals surface area (Å²) in [6, 6.07) is 9.56. The number of hydrogen-bond donors (Lipinski definition) is 1. The van der Waals surface area contributed by atoms with Gasteiger partial charge in [0.2, 0.25) is 10.0 Å². The number of carbonyl (C=O) groups is 1. The first-order valence-electron chi connectivity index (χ1n) is 8.73. The summed E-state index contributed by atoms with van der Waals surface area (Å²) < 4.78 is 32.6. The van der Waals surface area contributed by atoms with Gasteiger partial charge in [-0.25, -0.2) is 8.42 Å². The van der Waals surface area contributed by atoms with Crippen molar-refractivity contribution in [3.8, 4) is 0 Å². The lowest BCUT2D eigenvalue weighted by Gasteiger charge is -2.34. The molecule has 1 fully saturated rings. The van der Waals surface area contributed by atoms with Crippen molar-refractivity contribution in [2.45, 2.75) is 32.1 Å². The molecule has 2 atom stereocenters. The van der Waals surface area contributed by atoms with E-state index in [9.17, 15) is 13.2 Å². The molecule has 0 spiro atoms. The summed E-state index contributed by atoms with van der Waals surface area (Å²) in [6.45, 7) is 7.01. The fourth-order valence-corrected chi connectivity index (χ4v) is 5.09. The first kappa shape index (κ1) is 18.7. The number of piperidine rings is 1. The summed E-state index contributed by atoms with van der Waals surface area (Å²) in [4.78, 5) is 12.3. The van der Waals surface area contributed by atoms with Crippen molar-refractivity contribution in [1.29, 1.82) is 0 Å². The number of rotatable bonds is 4. The van der Waals surface area contributed by atoms with E-state index in [0.29, 0.717) is 36.4 Å². The number of carbonyl (C=O) groups excluding carboxylic acids is 1. The van der Waals surface area contributed by atoms with Crippen LogP contribution < -0.4 is 5.32 Å². The molecule has 1 aliphatic rings. The van der Waals surface area contributed by atoms with E-state index < -0.39 is 10.0 Å². The van der Waals surface area contributed by atoms with Gasteiger partial charge < -0.3 is 9.73 Å². The zero-order valence-electron chi connectivity index (χ0n) is 15.2. The smallest absolute Gasteiger partial charge is 0.291 e. The Morgan fingerprint density at radius 1 is 1.08 bits per heavy atom. The summed E-state index contributed by atoms with van der Waals surface area (Å²) in [5, 5.41) is 2.70. The molecule has 2 unspecified atom stereocenters. The molecule has 1 aromatic heterocycles. The topological polar surface area (TPSA) is 79.6 Å². The molecule has 0 aliphatic carbocycles. The molecular weight excluding hydrogens is 352 g/mol. The van der Waals surface area contributed by atoms with Gasteiger partial charge in [-0.1, -0.05) is 13.8 Å². The molecule has 1 amide bonds. The third-order valence-corrected chi connectivity index (χ3v) is 6.40. The van der Waals surface area contributed by atoms with Crippen molar-refractivity contribution in [2.24, 2.45) is 11.8 Å². The summed E-state index contributed by atoms with van der Waals surface area (Å²) in [7, 11) is -3.52. The SMILES string of the molecule is Cc1ccc(C(=O)Nc2ccc(S(=O)(=O)N3CC(C)CC(C)C3)cc2)o1. The molecule has 26 heavy (non-hydrogen) atoms. The second-order valence-corrected chi connectivity index (χ2v) is 9.09. The molecule has 1 aliphatic heterocycles. The predicted octanol–water partition coefficient (Wildman–Crippen LogP) is 3.51. The Kier molecular flexibility index (Phi) is 5.20. The van der Waals surface area contributed by atoms with Gasteiger partial charge in [0, 0.05) is 18.8 Å². The number of furan rings is 1. The van der Waals surface area contributed by atoms with E-state index in [1.807, 2.05) is 0 Å². The van der Waals surface area contributed by atoms with Gasteiger partial charge in [0.15, 0.2) is 5.76 Å². The largest absolute Gasteiger partial charge is 0.456 e. The maximum absolute atomic E-state index is 12.9. The minimum atomic E-state index is -3.52. The van der Waals surface area contributed by atoms with Crippen molar-refractivity contribution in [1.82, 2.24) is 4.31 Å². The van der Waals surface area contributed by atoms with Gasteiger partial charge in [-0.2, -0.15) is 4.31 Å². The molecule has 2 heterocycles. The van der Waals surface area contributed by atoms with Crippen LogP contribution in [0.3, 0.4) is 0 Å². The lowest BCUT2D eigenvalue weighted by atomic mass is 9.94. The van der Waals surface area contributed by atoms with Crippen LogP contribution in [0, 0.1) is 18.8 Å². The monoisotopic (exact) mass is 376 g/mol. The number of anilines is 1. The van der Waals surface area contributed by atoms with Gasteiger partial charge in [-0.3, -0.25) is 4.79 Å². The summed E-state index contributed by atoms with van der Waals surface area (Å²) in [5.74, 6) is 1.21.